The summed E-state index contributed by atoms with van der Waals surface area (Å²) < 4.78 is 0. The summed E-state index contributed by atoms with van der Waals surface area (Å²) >= 11 is 4.65. The fourth-order valence-electron chi connectivity index (χ4n) is 4.38. The zero-order valence-corrected chi connectivity index (χ0v) is 21.0. The lowest BCUT2D eigenvalue weighted by Crippen LogP contribution is -2.50. The van der Waals surface area contributed by atoms with Crippen molar-refractivity contribution in [2.24, 2.45) is 4.99 Å². The summed E-state index contributed by atoms with van der Waals surface area (Å²) in [5.74, 6) is -3.01. The molecule has 1 aromatic carbocycles. The van der Waals surface area contributed by atoms with Gasteiger partial charge in [-0.2, -0.15) is 4.99 Å². The molecule has 37 heavy (non-hydrogen) atoms. The third kappa shape index (κ3) is 9.45. The zero-order valence-electron chi connectivity index (χ0n) is 20.2. The number of rotatable bonds is 9. The van der Waals surface area contributed by atoms with Crippen LogP contribution >= 0.6 is 12.2 Å². The Morgan fingerprint density at radius 1 is 0.892 bits per heavy atom. The van der Waals surface area contributed by atoms with Crippen molar-refractivity contribution in [1.29, 1.82) is 0 Å². The molecule has 2 bridgehead atoms. The Labute approximate surface area is 219 Å². The van der Waals surface area contributed by atoms with Gasteiger partial charge in [0.05, 0.1) is 41.9 Å². The molecule has 1 atom stereocenters. The molecule has 1 aliphatic rings. The molecule has 3 rings (SSSR count). The van der Waals surface area contributed by atoms with Crippen LogP contribution in [0.4, 0.5) is 5.69 Å². The molecule has 0 fully saturated rings. The summed E-state index contributed by atoms with van der Waals surface area (Å²) in [4.78, 5) is 48.8. The van der Waals surface area contributed by atoms with E-state index < -0.39 is 17.9 Å². The molecule has 0 radical (unpaired) electrons. The van der Waals surface area contributed by atoms with Crippen LogP contribution in [0.15, 0.2) is 47.5 Å². The maximum Gasteiger partial charge on any atom is 0.317 e. The lowest BCUT2D eigenvalue weighted by molar-refractivity contribution is -0.141. The number of aliphatic carboxylic acids is 3. The lowest BCUT2D eigenvalue weighted by Gasteiger charge is -2.35. The van der Waals surface area contributed by atoms with E-state index >= 15 is 0 Å². The molecule has 2 aromatic rings. The van der Waals surface area contributed by atoms with Gasteiger partial charge in [-0.05, 0) is 48.5 Å². The van der Waals surface area contributed by atoms with E-state index in [0.717, 1.165) is 5.56 Å². The highest BCUT2D eigenvalue weighted by molar-refractivity contribution is 7.78. The number of isothiocyanates is 1. The molecule has 0 saturated carbocycles. The van der Waals surface area contributed by atoms with Gasteiger partial charge < -0.3 is 15.3 Å². The summed E-state index contributed by atoms with van der Waals surface area (Å²) in [6.07, 6.45) is 0.448. The molecule has 1 unspecified atom stereocenters. The number of aromatic nitrogens is 1. The fraction of sp³-hybridized carbons (Fsp3) is 0.400. The number of carboxylic acid groups (broad SMARTS) is 3. The Morgan fingerprint density at radius 2 is 1.49 bits per heavy atom. The van der Waals surface area contributed by atoms with Crippen LogP contribution in [0.5, 0.6) is 0 Å². The van der Waals surface area contributed by atoms with Gasteiger partial charge in [-0.3, -0.25) is 34.1 Å². The van der Waals surface area contributed by atoms with Gasteiger partial charge in [-0.25, -0.2) is 0 Å². The highest BCUT2D eigenvalue weighted by Gasteiger charge is 2.27. The smallest absolute Gasteiger partial charge is 0.317 e. The Hall–Kier alpha value is -3.54. The standard InChI is InChI=1S/C25H29N5O6S/c31-23(32)14-28-8-9-29(15-24(33)34)13-22(10-18-4-6-19(7-5-18)26-17-37)30(16-25(35)36)12-21-3-1-2-20(11-28)27-21/h1-7,22H,8-16H2,(H,31,32)(H,33,34)(H,35,36). The molecule has 0 amide bonds. The van der Waals surface area contributed by atoms with Crippen molar-refractivity contribution in [3.05, 3.63) is 59.4 Å². The van der Waals surface area contributed by atoms with Gasteiger partial charge in [0.25, 0.3) is 0 Å². The number of nitrogens with zero attached hydrogens (tertiary/aromatic N) is 5. The lowest BCUT2D eigenvalue weighted by atomic mass is 10.0. The first-order valence-corrected chi connectivity index (χ1v) is 12.1. The molecule has 1 aromatic heterocycles. The summed E-state index contributed by atoms with van der Waals surface area (Å²) in [5.41, 5.74) is 2.87. The van der Waals surface area contributed by atoms with Crippen molar-refractivity contribution < 1.29 is 29.7 Å². The predicted molar refractivity (Wildman–Crippen MR) is 138 cm³/mol. The van der Waals surface area contributed by atoms with Gasteiger partial charge in [-0.1, -0.05) is 18.2 Å². The molecule has 3 N–H and O–H groups in total. The topological polar surface area (TPSA) is 147 Å². The van der Waals surface area contributed by atoms with Crippen LogP contribution in [0.3, 0.4) is 0 Å². The van der Waals surface area contributed by atoms with Gasteiger partial charge in [0.15, 0.2) is 0 Å². The van der Waals surface area contributed by atoms with E-state index in [9.17, 15) is 29.7 Å². The number of thiocarbonyl (C=S) groups is 1. The number of aliphatic imine (C=N–C) groups is 1. The maximum absolute atomic E-state index is 11.8. The molecule has 12 heteroatoms. The molecular weight excluding hydrogens is 498 g/mol. The highest BCUT2D eigenvalue weighted by atomic mass is 32.1. The quantitative estimate of drug-likeness (QED) is 0.323. The van der Waals surface area contributed by atoms with Gasteiger partial charge in [-0.15, -0.1) is 0 Å². The predicted octanol–water partition coefficient (Wildman–Crippen LogP) is 1.60. The van der Waals surface area contributed by atoms with Crippen molar-refractivity contribution in [2.75, 3.05) is 39.3 Å². The molecule has 0 aliphatic carbocycles. The summed E-state index contributed by atoms with van der Waals surface area (Å²) in [6.45, 7) is 0.649. The van der Waals surface area contributed by atoms with Gasteiger partial charge >= 0.3 is 17.9 Å². The SMILES string of the molecule is O=C(O)CN1CCN(CC(=O)O)CC(Cc2ccc(N=C=S)cc2)N(CC(=O)O)Cc2cccc(n2)C1. The molecule has 11 nitrogen and oxygen atoms in total. The average molecular weight is 528 g/mol. The Kier molecular flexibility index (Phi) is 10.4. The molecule has 1 aliphatic heterocycles. The second-order valence-corrected chi connectivity index (χ2v) is 9.06. The van der Waals surface area contributed by atoms with E-state index in [-0.39, 0.29) is 45.3 Å². The normalized spacial score (nSPS) is 17.7. The van der Waals surface area contributed by atoms with E-state index in [1.54, 1.807) is 39.0 Å². The van der Waals surface area contributed by atoms with Gasteiger partial charge in [0.2, 0.25) is 0 Å². The van der Waals surface area contributed by atoms with E-state index in [0.29, 0.717) is 36.6 Å². The van der Waals surface area contributed by atoms with E-state index in [1.807, 2.05) is 18.2 Å². The van der Waals surface area contributed by atoms with Crippen molar-refractivity contribution in [3.63, 3.8) is 0 Å². The molecular formula is C25H29N5O6S. The Bertz CT molecular complexity index is 1150. The number of carbonyl (C=O) groups is 3. The van der Waals surface area contributed by atoms with Crippen LogP contribution < -0.4 is 0 Å². The Morgan fingerprint density at radius 3 is 2.11 bits per heavy atom. The van der Waals surface area contributed by atoms with Crippen molar-refractivity contribution in [2.45, 2.75) is 25.6 Å². The third-order valence-corrected chi connectivity index (χ3v) is 6.06. The van der Waals surface area contributed by atoms with Crippen LogP contribution in [-0.2, 0) is 33.9 Å². The second-order valence-electron chi connectivity index (χ2n) is 8.88. The first-order valence-electron chi connectivity index (χ1n) is 11.7. The third-order valence-electron chi connectivity index (χ3n) is 5.97. The maximum atomic E-state index is 11.8. The number of carboxylic acids is 3. The monoisotopic (exact) mass is 527 g/mol. The molecule has 0 saturated heterocycles. The number of pyridine rings is 1. The van der Waals surface area contributed by atoms with E-state index in [1.165, 1.54) is 0 Å². The number of hydrogen-bond donors (Lipinski definition) is 3. The van der Waals surface area contributed by atoms with Crippen molar-refractivity contribution in [3.8, 4) is 0 Å². The second kappa shape index (κ2) is 13.7. The molecule has 196 valence electrons. The number of fused-ring (bicyclic) bond motifs is 2. The van der Waals surface area contributed by atoms with Gasteiger partial charge in [0, 0.05) is 38.8 Å². The van der Waals surface area contributed by atoms with Crippen LogP contribution in [0.25, 0.3) is 0 Å². The number of hydrogen-bond acceptors (Lipinski definition) is 9. The molecule has 0 spiro atoms. The van der Waals surface area contributed by atoms with Crippen LogP contribution in [0.1, 0.15) is 17.0 Å². The zero-order chi connectivity index (χ0) is 26.8. The summed E-state index contributed by atoms with van der Waals surface area (Å²) in [5, 5.41) is 30.9. The van der Waals surface area contributed by atoms with Crippen molar-refractivity contribution in [1.82, 2.24) is 19.7 Å². The van der Waals surface area contributed by atoms with E-state index in [4.69, 9.17) is 0 Å². The van der Waals surface area contributed by atoms with Gasteiger partial charge in [0.1, 0.15) is 0 Å². The largest absolute Gasteiger partial charge is 0.480 e. The fourth-order valence-corrected chi connectivity index (χ4v) is 4.49. The minimum absolute atomic E-state index is 0.210. The summed E-state index contributed by atoms with van der Waals surface area (Å²) in [7, 11) is 0. The van der Waals surface area contributed by atoms with Crippen LogP contribution in [0.2, 0.25) is 0 Å². The molecule has 2 heterocycles. The van der Waals surface area contributed by atoms with Crippen molar-refractivity contribution >= 4 is 41.0 Å². The first kappa shape index (κ1) is 28.0. The first-order chi connectivity index (χ1) is 17.7. The minimum Gasteiger partial charge on any atom is -0.480 e. The highest BCUT2D eigenvalue weighted by Crippen LogP contribution is 2.19. The Balaban J connectivity index is 1.99. The summed E-state index contributed by atoms with van der Waals surface area (Å²) in [6, 6.07) is 12.4. The van der Waals surface area contributed by atoms with E-state index in [2.05, 4.69) is 27.4 Å². The minimum atomic E-state index is -1.02. The van der Waals surface area contributed by atoms with Crippen LogP contribution in [-0.4, -0.2) is 103 Å². The average Bonchev–Trinajstić information content (AvgIpc) is 2.81. The van der Waals surface area contributed by atoms with Crippen LogP contribution in [0, 0.1) is 0 Å². The number of benzene rings is 1.